The number of anilines is 2. The molecule has 0 saturated heterocycles. The van der Waals surface area contributed by atoms with Gasteiger partial charge < -0.3 is 25.6 Å². The zero-order valence-corrected chi connectivity index (χ0v) is 17.0. The third kappa shape index (κ3) is 4.99. The second kappa shape index (κ2) is 9.03. The number of hydrogen-bond acceptors (Lipinski definition) is 9. The molecule has 4 N–H and O–H groups in total. The van der Waals surface area contributed by atoms with Gasteiger partial charge in [0, 0.05) is 0 Å². The molecular weight excluding hydrogens is 378 g/mol. The van der Waals surface area contributed by atoms with Gasteiger partial charge >= 0.3 is 6.01 Å². The van der Waals surface area contributed by atoms with Crippen molar-refractivity contribution in [1.82, 2.24) is 15.0 Å². The van der Waals surface area contributed by atoms with Gasteiger partial charge in [-0.05, 0) is 30.0 Å². The Hall–Kier alpha value is -2.65. The van der Waals surface area contributed by atoms with E-state index in [2.05, 4.69) is 34.1 Å². The lowest BCUT2D eigenvalue weighted by Crippen LogP contribution is -2.26. The number of aromatic nitrogens is 3. The van der Waals surface area contributed by atoms with Crippen LogP contribution in [0.4, 0.5) is 10.9 Å². The van der Waals surface area contributed by atoms with Gasteiger partial charge in [0.05, 0.1) is 19.8 Å². The van der Waals surface area contributed by atoms with Gasteiger partial charge in [0.25, 0.3) is 0 Å². The average Bonchev–Trinajstić information content (AvgIpc) is 3.06. The number of methoxy groups -OCH3 is 1. The van der Waals surface area contributed by atoms with Crippen LogP contribution >= 0.6 is 11.3 Å². The van der Waals surface area contributed by atoms with Crippen LogP contribution in [0.3, 0.4) is 0 Å². The monoisotopic (exact) mass is 403 g/mol. The number of nitrogen functional groups attached to an aromatic ring is 1. The fourth-order valence-electron chi connectivity index (χ4n) is 2.83. The maximum Gasteiger partial charge on any atom is 0.320 e. The Labute approximate surface area is 167 Å². The molecule has 9 heteroatoms. The van der Waals surface area contributed by atoms with Crippen molar-refractivity contribution in [1.29, 1.82) is 0 Å². The lowest BCUT2D eigenvalue weighted by atomic mass is 10.0. The average molecular weight is 404 g/mol. The highest BCUT2D eigenvalue weighted by Crippen LogP contribution is 2.31. The van der Waals surface area contributed by atoms with Crippen molar-refractivity contribution in [2.75, 3.05) is 24.8 Å². The highest BCUT2D eigenvalue weighted by atomic mass is 32.1. The molecule has 0 saturated carbocycles. The first kappa shape index (κ1) is 20.1. The minimum absolute atomic E-state index is 0.00202. The maximum absolute atomic E-state index is 9.70. The molecule has 0 aliphatic carbocycles. The highest BCUT2D eigenvalue weighted by Gasteiger charge is 2.17. The summed E-state index contributed by atoms with van der Waals surface area (Å²) >= 11 is 1.30. The fraction of sp³-hybridized carbons (Fsp3) is 0.421. The maximum atomic E-state index is 9.70. The van der Waals surface area contributed by atoms with E-state index < -0.39 is 0 Å². The molecule has 0 unspecified atom stereocenters. The molecule has 0 fully saturated rings. The summed E-state index contributed by atoms with van der Waals surface area (Å²) in [7, 11) is 1.62. The number of ether oxygens (including phenoxy) is 2. The quantitative estimate of drug-likeness (QED) is 0.499. The van der Waals surface area contributed by atoms with E-state index in [1.165, 1.54) is 11.3 Å². The molecule has 0 amide bonds. The number of thiazole rings is 1. The van der Waals surface area contributed by atoms with Gasteiger partial charge in [-0.2, -0.15) is 15.0 Å². The number of rotatable bonds is 9. The van der Waals surface area contributed by atoms with Crippen molar-refractivity contribution in [3.63, 3.8) is 0 Å². The van der Waals surface area contributed by atoms with E-state index in [0.29, 0.717) is 22.5 Å². The van der Waals surface area contributed by atoms with Gasteiger partial charge in [-0.3, -0.25) is 0 Å². The summed E-state index contributed by atoms with van der Waals surface area (Å²) in [5.74, 6) is 1.75. The van der Waals surface area contributed by atoms with E-state index in [-0.39, 0.29) is 25.3 Å². The molecule has 8 nitrogen and oxygen atoms in total. The summed E-state index contributed by atoms with van der Waals surface area (Å²) < 4.78 is 11.8. The van der Waals surface area contributed by atoms with E-state index in [9.17, 15) is 5.11 Å². The van der Waals surface area contributed by atoms with Gasteiger partial charge in [0.2, 0.25) is 0 Å². The van der Waals surface area contributed by atoms with Crippen LogP contribution in [0.1, 0.15) is 25.8 Å². The van der Waals surface area contributed by atoms with E-state index in [1.54, 1.807) is 7.11 Å². The van der Waals surface area contributed by atoms with Crippen LogP contribution in [0.5, 0.6) is 11.8 Å². The smallest absolute Gasteiger partial charge is 0.320 e. The van der Waals surface area contributed by atoms with Crippen LogP contribution in [0.25, 0.3) is 10.3 Å². The largest absolute Gasteiger partial charge is 0.497 e. The van der Waals surface area contributed by atoms with E-state index >= 15 is 0 Å². The second-order valence-electron chi connectivity index (χ2n) is 6.85. The zero-order chi connectivity index (χ0) is 20.1. The molecule has 3 aromatic rings. The number of benzene rings is 1. The Morgan fingerprint density at radius 2 is 2.07 bits per heavy atom. The molecule has 28 heavy (non-hydrogen) atoms. The molecule has 3 rings (SSSR count). The summed E-state index contributed by atoms with van der Waals surface area (Å²) in [5, 5.41) is 13.4. The molecule has 1 aromatic carbocycles. The van der Waals surface area contributed by atoms with Gasteiger partial charge in [0.1, 0.15) is 17.1 Å². The Morgan fingerprint density at radius 1 is 1.25 bits per heavy atom. The topological polar surface area (TPSA) is 115 Å². The summed E-state index contributed by atoms with van der Waals surface area (Å²) in [4.78, 5) is 13.1. The molecule has 0 aliphatic heterocycles. The number of fused-ring (bicyclic) bond motifs is 1. The standard InChI is InChI=1S/C19H25N5O3S/c1-11(2)7-13(9-25)21-16-15-17(22-18(20)28-15)24-19(23-16)27-10-12-5-4-6-14(8-12)26-3/h4-6,8,11,13,25H,7,9-10H2,1-3H3,(H3,20,21,22,23,24)/t13-/m1/s1. The van der Waals surface area contributed by atoms with Gasteiger partial charge in [0.15, 0.2) is 16.6 Å². The van der Waals surface area contributed by atoms with Crippen LogP contribution in [0.15, 0.2) is 24.3 Å². The number of aliphatic hydroxyl groups excluding tert-OH is 1. The first-order valence-corrected chi connectivity index (χ1v) is 9.87. The first-order valence-electron chi connectivity index (χ1n) is 9.05. The van der Waals surface area contributed by atoms with E-state index in [0.717, 1.165) is 22.4 Å². The van der Waals surface area contributed by atoms with Gasteiger partial charge in [-0.1, -0.05) is 37.3 Å². The summed E-state index contributed by atoms with van der Waals surface area (Å²) in [6.07, 6.45) is 0.802. The summed E-state index contributed by atoms with van der Waals surface area (Å²) in [6, 6.07) is 7.66. The van der Waals surface area contributed by atoms with E-state index in [4.69, 9.17) is 15.2 Å². The molecule has 0 aliphatic rings. The number of nitrogens with one attached hydrogen (secondary N) is 1. The minimum Gasteiger partial charge on any atom is -0.497 e. The van der Waals surface area contributed by atoms with Gasteiger partial charge in [-0.15, -0.1) is 0 Å². The molecule has 0 bridgehead atoms. The number of nitrogens with zero attached hydrogens (tertiary/aromatic N) is 3. The van der Waals surface area contributed by atoms with Crippen molar-refractivity contribution in [2.45, 2.75) is 32.9 Å². The Kier molecular flexibility index (Phi) is 6.48. The van der Waals surface area contributed by atoms with Crippen LogP contribution in [-0.4, -0.2) is 39.8 Å². The van der Waals surface area contributed by atoms with Crippen molar-refractivity contribution in [3.8, 4) is 11.8 Å². The van der Waals surface area contributed by atoms with Crippen molar-refractivity contribution >= 4 is 32.6 Å². The van der Waals surface area contributed by atoms with Crippen LogP contribution < -0.4 is 20.5 Å². The number of aliphatic hydroxyl groups is 1. The predicted molar refractivity (Wildman–Crippen MR) is 111 cm³/mol. The van der Waals surface area contributed by atoms with Crippen LogP contribution in [-0.2, 0) is 6.61 Å². The summed E-state index contributed by atoms with van der Waals surface area (Å²) in [5.41, 5.74) is 7.27. The zero-order valence-electron chi connectivity index (χ0n) is 16.2. The molecule has 0 spiro atoms. The number of nitrogens with two attached hydrogens (primary N) is 1. The minimum atomic E-state index is -0.132. The Bertz CT molecular complexity index is 931. The molecule has 0 radical (unpaired) electrons. The molecule has 2 aromatic heterocycles. The Morgan fingerprint density at radius 3 is 2.79 bits per heavy atom. The van der Waals surface area contributed by atoms with Gasteiger partial charge in [-0.25, -0.2) is 0 Å². The van der Waals surface area contributed by atoms with Crippen LogP contribution in [0, 0.1) is 5.92 Å². The van der Waals surface area contributed by atoms with E-state index in [1.807, 2.05) is 24.3 Å². The van der Waals surface area contributed by atoms with Crippen molar-refractivity contribution < 1.29 is 14.6 Å². The van der Waals surface area contributed by atoms with Crippen LogP contribution in [0.2, 0.25) is 0 Å². The van der Waals surface area contributed by atoms with Crippen molar-refractivity contribution in [3.05, 3.63) is 29.8 Å². The highest BCUT2D eigenvalue weighted by molar-refractivity contribution is 7.22. The normalized spacial score (nSPS) is 12.3. The molecular formula is C19H25N5O3S. The second-order valence-corrected chi connectivity index (χ2v) is 7.88. The molecule has 1 atom stereocenters. The fourth-order valence-corrected chi connectivity index (χ4v) is 3.56. The molecule has 2 heterocycles. The SMILES string of the molecule is COc1cccc(COc2nc(N[C@@H](CO)CC(C)C)c3sc(N)nc3n2)c1. The number of hydrogen-bond donors (Lipinski definition) is 3. The predicted octanol–water partition coefficient (Wildman–Crippen LogP) is 3.08. The third-order valence-electron chi connectivity index (χ3n) is 4.07. The third-order valence-corrected chi connectivity index (χ3v) is 4.95. The Balaban J connectivity index is 1.84. The lowest BCUT2D eigenvalue weighted by molar-refractivity contribution is 0.258. The van der Waals surface area contributed by atoms with Crippen molar-refractivity contribution in [2.24, 2.45) is 5.92 Å². The lowest BCUT2D eigenvalue weighted by Gasteiger charge is -2.19. The summed E-state index contributed by atoms with van der Waals surface area (Å²) in [6.45, 7) is 4.50. The first-order chi connectivity index (χ1) is 13.5. The molecule has 150 valence electrons.